The summed E-state index contributed by atoms with van der Waals surface area (Å²) >= 11 is 0.581. The number of nitrogens with two attached hydrogens (primary N) is 1. The molecule has 0 spiro atoms. The number of hydrogen-bond donors (Lipinski definition) is 2. The lowest BCUT2D eigenvalue weighted by Gasteiger charge is -2.42. The molecule has 11 nitrogen and oxygen atoms in total. The molecular formula is C18H20F4N8O3S2. The van der Waals surface area contributed by atoms with Crippen LogP contribution in [-0.4, -0.2) is 78.5 Å². The van der Waals surface area contributed by atoms with Gasteiger partial charge in [0.15, 0.2) is 5.01 Å². The largest absolute Gasteiger partial charge is 0.367 e. The third-order valence-corrected chi connectivity index (χ3v) is 7.31. The van der Waals surface area contributed by atoms with Crippen LogP contribution in [0.5, 0.6) is 0 Å². The highest BCUT2D eigenvalue weighted by molar-refractivity contribution is 7.89. The van der Waals surface area contributed by atoms with Crippen LogP contribution in [-0.2, 0) is 10.0 Å². The van der Waals surface area contributed by atoms with Gasteiger partial charge in [0.2, 0.25) is 21.6 Å². The van der Waals surface area contributed by atoms with E-state index in [1.165, 1.54) is 30.3 Å². The molecule has 3 aromatic rings. The number of rotatable bonds is 6. The Labute approximate surface area is 200 Å². The molecule has 1 saturated heterocycles. The van der Waals surface area contributed by atoms with Crippen LogP contribution >= 0.6 is 11.3 Å². The van der Waals surface area contributed by atoms with Gasteiger partial charge >= 0.3 is 6.03 Å². The summed E-state index contributed by atoms with van der Waals surface area (Å²) in [7, 11) is -2.82. The van der Waals surface area contributed by atoms with Crippen molar-refractivity contribution in [2.75, 3.05) is 31.6 Å². The maximum Gasteiger partial charge on any atom is 0.317 e. The third kappa shape index (κ3) is 5.01. The Hall–Kier alpha value is -3.05. The zero-order chi connectivity index (χ0) is 25.5. The van der Waals surface area contributed by atoms with Crippen molar-refractivity contribution in [3.63, 3.8) is 0 Å². The molecule has 3 N–H and O–H groups in total. The molecule has 1 aliphatic rings. The van der Waals surface area contributed by atoms with Crippen LogP contribution in [0.3, 0.4) is 0 Å². The number of carbonyl (C=O) groups excluding carboxylic acids is 1. The van der Waals surface area contributed by atoms with E-state index in [1.807, 2.05) is 0 Å². The lowest BCUT2D eigenvalue weighted by atomic mass is 10.1. The lowest BCUT2D eigenvalue weighted by Crippen LogP contribution is -2.57. The SMILES string of the molecule is CNC(=O)N1CCN(c2cc(S(N)(=O)=O)cc3c2cnn3-c2nnc(C(F)F)s2)CC1CC(F)F. The van der Waals surface area contributed by atoms with Crippen LogP contribution in [0.15, 0.2) is 23.2 Å². The Morgan fingerprint density at radius 3 is 2.60 bits per heavy atom. The topological polar surface area (TPSA) is 139 Å². The molecule has 2 amide bonds. The number of amides is 2. The Morgan fingerprint density at radius 2 is 2.00 bits per heavy atom. The van der Waals surface area contributed by atoms with Crippen LogP contribution in [0.4, 0.5) is 28.0 Å². The highest BCUT2D eigenvalue weighted by Crippen LogP contribution is 2.34. The second kappa shape index (κ2) is 9.54. The molecule has 1 aromatic carbocycles. The molecule has 3 heterocycles. The number of aromatic nitrogens is 4. The molecule has 1 fully saturated rings. The summed E-state index contributed by atoms with van der Waals surface area (Å²) in [5, 5.41) is 18.9. The van der Waals surface area contributed by atoms with Crippen molar-refractivity contribution in [3.05, 3.63) is 23.3 Å². The van der Waals surface area contributed by atoms with E-state index in [0.29, 0.717) is 22.4 Å². The van der Waals surface area contributed by atoms with Crippen molar-refractivity contribution in [2.45, 2.75) is 30.2 Å². The molecule has 0 radical (unpaired) electrons. The molecule has 4 rings (SSSR count). The minimum absolute atomic E-state index is 0.0134. The summed E-state index contributed by atoms with van der Waals surface area (Å²) in [5.41, 5.74) is 0.523. The number of nitrogens with one attached hydrogen (secondary N) is 1. The Kier molecular flexibility index (Phi) is 6.83. The highest BCUT2D eigenvalue weighted by atomic mass is 32.2. The summed E-state index contributed by atoms with van der Waals surface area (Å²) in [6, 6.07) is 1.16. The minimum Gasteiger partial charge on any atom is -0.367 e. The summed E-state index contributed by atoms with van der Waals surface area (Å²) < 4.78 is 78.1. The normalized spacial score (nSPS) is 17.1. The number of alkyl halides is 4. The number of benzene rings is 1. The number of urea groups is 1. The van der Waals surface area contributed by atoms with Crippen molar-refractivity contribution in [3.8, 4) is 5.13 Å². The monoisotopic (exact) mass is 536 g/mol. The van der Waals surface area contributed by atoms with E-state index in [1.54, 1.807) is 4.90 Å². The Morgan fingerprint density at radius 1 is 1.26 bits per heavy atom. The Balaban J connectivity index is 1.81. The van der Waals surface area contributed by atoms with E-state index in [9.17, 15) is 30.8 Å². The average molecular weight is 537 g/mol. The van der Waals surface area contributed by atoms with Gasteiger partial charge in [-0.25, -0.2) is 40.6 Å². The summed E-state index contributed by atoms with van der Waals surface area (Å²) in [5.74, 6) is 0. The molecular weight excluding hydrogens is 516 g/mol. The number of halogens is 4. The summed E-state index contributed by atoms with van der Waals surface area (Å²) in [6.07, 6.45) is -4.72. The maximum absolute atomic E-state index is 13.3. The van der Waals surface area contributed by atoms with Crippen molar-refractivity contribution in [2.24, 2.45) is 5.14 Å². The van der Waals surface area contributed by atoms with E-state index in [0.717, 1.165) is 4.68 Å². The number of anilines is 1. The standard InChI is InChI=1S/C18H20F4N8O3S2/c1-24-17(31)29-3-2-28(8-9(29)4-14(19)20)12-5-10(35(23,32)33)6-13-11(12)7-25-30(13)18-27-26-16(34-18)15(21)22/h5-7,9,14-15H,2-4,8H2,1H3,(H,24,31)(H2,23,32,33). The van der Waals surface area contributed by atoms with Gasteiger partial charge in [-0.2, -0.15) is 5.10 Å². The zero-order valence-corrected chi connectivity index (χ0v) is 19.7. The molecule has 190 valence electrons. The van der Waals surface area contributed by atoms with Gasteiger partial charge in [0.1, 0.15) is 0 Å². The second-order valence-corrected chi connectivity index (χ2v) is 10.2. The van der Waals surface area contributed by atoms with Gasteiger partial charge in [0.05, 0.1) is 22.7 Å². The van der Waals surface area contributed by atoms with Crippen molar-refractivity contribution in [1.82, 2.24) is 30.2 Å². The van der Waals surface area contributed by atoms with Crippen LogP contribution in [0.2, 0.25) is 0 Å². The van der Waals surface area contributed by atoms with E-state index in [-0.39, 0.29) is 35.2 Å². The van der Waals surface area contributed by atoms with E-state index < -0.39 is 46.4 Å². The van der Waals surface area contributed by atoms with E-state index >= 15 is 0 Å². The first-order valence-electron chi connectivity index (χ1n) is 10.2. The molecule has 35 heavy (non-hydrogen) atoms. The van der Waals surface area contributed by atoms with E-state index in [4.69, 9.17) is 5.14 Å². The van der Waals surface area contributed by atoms with Gasteiger partial charge in [0.25, 0.3) is 6.43 Å². The van der Waals surface area contributed by atoms with Crippen molar-refractivity contribution >= 4 is 44.0 Å². The third-order valence-electron chi connectivity index (χ3n) is 5.52. The Bertz CT molecular complexity index is 1350. The number of primary sulfonamides is 1. The maximum atomic E-state index is 13.3. The molecule has 1 unspecified atom stereocenters. The van der Waals surface area contributed by atoms with Gasteiger partial charge < -0.3 is 15.1 Å². The quantitative estimate of drug-likeness (QED) is 0.459. The van der Waals surface area contributed by atoms with Crippen LogP contribution in [0.25, 0.3) is 16.0 Å². The second-order valence-electron chi connectivity index (χ2n) is 7.68. The number of sulfonamides is 1. The minimum atomic E-state index is -4.22. The van der Waals surface area contributed by atoms with Crippen LogP contribution < -0.4 is 15.4 Å². The molecule has 1 atom stereocenters. The van der Waals surface area contributed by atoms with Crippen LogP contribution in [0.1, 0.15) is 17.9 Å². The van der Waals surface area contributed by atoms with Gasteiger partial charge in [-0.1, -0.05) is 11.3 Å². The number of carbonyl (C=O) groups is 1. The molecule has 0 saturated carbocycles. The predicted octanol–water partition coefficient (Wildman–Crippen LogP) is 1.95. The molecule has 1 aliphatic heterocycles. The first-order valence-corrected chi connectivity index (χ1v) is 12.5. The highest BCUT2D eigenvalue weighted by Gasteiger charge is 2.33. The zero-order valence-electron chi connectivity index (χ0n) is 18.1. The fourth-order valence-electron chi connectivity index (χ4n) is 3.95. The van der Waals surface area contributed by atoms with Crippen LogP contribution in [0, 0.1) is 0 Å². The predicted molar refractivity (Wildman–Crippen MR) is 119 cm³/mol. The van der Waals surface area contributed by atoms with Crippen molar-refractivity contribution < 1.29 is 30.8 Å². The molecule has 0 bridgehead atoms. The van der Waals surface area contributed by atoms with Gasteiger partial charge in [-0.15, -0.1) is 10.2 Å². The van der Waals surface area contributed by atoms with Gasteiger partial charge in [-0.3, -0.25) is 0 Å². The van der Waals surface area contributed by atoms with Gasteiger partial charge in [-0.05, 0) is 12.1 Å². The number of piperazine rings is 1. The average Bonchev–Trinajstić information content (AvgIpc) is 3.44. The molecule has 17 heteroatoms. The van der Waals surface area contributed by atoms with Gasteiger partial charge in [0, 0.05) is 44.2 Å². The number of nitrogens with zero attached hydrogens (tertiary/aromatic N) is 6. The first-order chi connectivity index (χ1) is 16.5. The molecule has 2 aromatic heterocycles. The number of fused-ring (bicyclic) bond motifs is 1. The fraction of sp³-hybridized carbons (Fsp3) is 0.444. The summed E-state index contributed by atoms with van der Waals surface area (Å²) in [6.45, 7) is 0.288. The fourth-order valence-corrected chi connectivity index (χ4v) is 5.18. The first kappa shape index (κ1) is 25.1. The van der Waals surface area contributed by atoms with E-state index in [2.05, 4.69) is 20.6 Å². The number of hydrogen-bond acceptors (Lipinski definition) is 8. The lowest BCUT2D eigenvalue weighted by molar-refractivity contribution is 0.0866. The molecule has 0 aliphatic carbocycles. The smallest absolute Gasteiger partial charge is 0.317 e. The summed E-state index contributed by atoms with van der Waals surface area (Å²) in [4.78, 5) is 14.9. The van der Waals surface area contributed by atoms with Crippen molar-refractivity contribution in [1.29, 1.82) is 0 Å².